The monoisotopic (exact) mass is 422 g/mol. The first kappa shape index (κ1) is 20.2. The minimum atomic E-state index is -3.00. The van der Waals surface area contributed by atoms with Crippen molar-refractivity contribution in [3.8, 4) is 22.8 Å². The van der Waals surface area contributed by atoms with Crippen LogP contribution in [0.4, 0.5) is 17.6 Å². The standard InChI is InChI=1S/C21H18F4N2O3/c22-15-4-1-3-14(20(15)23)12-27-9-8-16(26-27)13-6-7-17(30-21(24)25)18(11-13)29-19-5-2-10-28-19/h1,3-4,6-9,11,19,21H,2,5,10,12H2. The third-order valence-electron chi connectivity index (χ3n) is 4.61. The summed E-state index contributed by atoms with van der Waals surface area (Å²) in [4.78, 5) is 0. The van der Waals surface area contributed by atoms with Gasteiger partial charge in [-0.1, -0.05) is 12.1 Å². The molecule has 3 aromatic rings. The van der Waals surface area contributed by atoms with Crippen molar-refractivity contribution >= 4 is 0 Å². The zero-order valence-electron chi connectivity index (χ0n) is 15.7. The van der Waals surface area contributed by atoms with E-state index >= 15 is 0 Å². The highest BCUT2D eigenvalue weighted by molar-refractivity contribution is 5.63. The molecular weight excluding hydrogens is 404 g/mol. The molecule has 0 radical (unpaired) electrons. The molecule has 1 aliphatic heterocycles. The van der Waals surface area contributed by atoms with Gasteiger partial charge in [-0.15, -0.1) is 0 Å². The number of hydrogen-bond acceptors (Lipinski definition) is 4. The predicted octanol–water partition coefficient (Wildman–Crippen LogP) is 4.99. The Morgan fingerprint density at radius 2 is 2.00 bits per heavy atom. The highest BCUT2D eigenvalue weighted by Gasteiger charge is 2.21. The number of benzene rings is 2. The molecule has 158 valence electrons. The number of hydrogen-bond donors (Lipinski definition) is 0. The summed E-state index contributed by atoms with van der Waals surface area (Å²) in [5.41, 5.74) is 1.25. The SMILES string of the molecule is Fc1cccc(Cn2ccc(-c3ccc(OC(F)F)c(OC4CCCO4)c3)n2)c1F. The first-order valence-electron chi connectivity index (χ1n) is 9.33. The van der Waals surface area contributed by atoms with Crippen molar-refractivity contribution in [2.24, 2.45) is 0 Å². The zero-order valence-corrected chi connectivity index (χ0v) is 15.7. The Hall–Kier alpha value is -3.07. The Morgan fingerprint density at radius 3 is 2.77 bits per heavy atom. The Balaban J connectivity index is 1.58. The van der Waals surface area contributed by atoms with E-state index in [0.29, 0.717) is 24.3 Å². The number of aromatic nitrogens is 2. The molecule has 0 bridgehead atoms. The molecule has 30 heavy (non-hydrogen) atoms. The van der Waals surface area contributed by atoms with Crippen molar-refractivity contribution in [2.45, 2.75) is 32.3 Å². The maximum absolute atomic E-state index is 13.9. The molecule has 5 nitrogen and oxygen atoms in total. The molecule has 0 amide bonds. The molecule has 0 spiro atoms. The van der Waals surface area contributed by atoms with Gasteiger partial charge in [0.1, 0.15) is 0 Å². The second-order valence-corrected chi connectivity index (χ2v) is 6.71. The molecule has 2 heterocycles. The second kappa shape index (κ2) is 8.74. The Kier molecular flexibility index (Phi) is 5.89. The van der Waals surface area contributed by atoms with Crippen LogP contribution in [0.15, 0.2) is 48.7 Å². The van der Waals surface area contributed by atoms with Gasteiger partial charge in [-0.2, -0.15) is 13.9 Å². The van der Waals surface area contributed by atoms with Crippen LogP contribution < -0.4 is 9.47 Å². The highest BCUT2D eigenvalue weighted by atomic mass is 19.3. The normalized spacial score (nSPS) is 16.2. The average Bonchev–Trinajstić information content (AvgIpc) is 3.39. The quantitative estimate of drug-likeness (QED) is 0.503. The van der Waals surface area contributed by atoms with Crippen LogP contribution in [0.5, 0.6) is 11.5 Å². The van der Waals surface area contributed by atoms with E-state index in [-0.39, 0.29) is 23.6 Å². The summed E-state index contributed by atoms with van der Waals surface area (Å²) in [7, 11) is 0. The molecule has 0 aliphatic carbocycles. The van der Waals surface area contributed by atoms with Gasteiger partial charge in [0.15, 0.2) is 29.4 Å². The van der Waals surface area contributed by atoms with Crippen LogP contribution in [0.2, 0.25) is 0 Å². The lowest BCUT2D eigenvalue weighted by Crippen LogP contribution is -2.15. The van der Waals surface area contributed by atoms with Crippen LogP contribution in [0, 0.1) is 11.6 Å². The van der Waals surface area contributed by atoms with Gasteiger partial charge in [0, 0.05) is 23.7 Å². The zero-order chi connectivity index (χ0) is 21.1. The van der Waals surface area contributed by atoms with Gasteiger partial charge in [-0.3, -0.25) is 4.68 Å². The fraction of sp³-hybridized carbons (Fsp3) is 0.286. The molecule has 1 atom stereocenters. The molecule has 1 saturated heterocycles. The van der Waals surface area contributed by atoms with E-state index in [0.717, 1.165) is 12.5 Å². The van der Waals surface area contributed by atoms with Gasteiger partial charge in [0.05, 0.1) is 18.8 Å². The van der Waals surface area contributed by atoms with Crippen LogP contribution in [0.25, 0.3) is 11.3 Å². The van der Waals surface area contributed by atoms with Crippen LogP contribution in [-0.4, -0.2) is 29.3 Å². The summed E-state index contributed by atoms with van der Waals surface area (Å²) in [5, 5.41) is 4.36. The molecule has 1 aromatic heterocycles. The summed E-state index contributed by atoms with van der Waals surface area (Å²) in [6.07, 6.45) is 2.54. The van der Waals surface area contributed by atoms with E-state index in [1.807, 2.05) is 0 Å². The fourth-order valence-electron chi connectivity index (χ4n) is 3.18. The molecule has 2 aromatic carbocycles. The Morgan fingerprint density at radius 1 is 1.13 bits per heavy atom. The van der Waals surface area contributed by atoms with E-state index in [1.54, 1.807) is 18.3 Å². The second-order valence-electron chi connectivity index (χ2n) is 6.71. The molecule has 1 fully saturated rings. The lowest BCUT2D eigenvalue weighted by atomic mass is 10.1. The molecule has 1 aliphatic rings. The van der Waals surface area contributed by atoms with Crippen LogP contribution >= 0.6 is 0 Å². The molecule has 9 heteroatoms. The van der Waals surface area contributed by atoms with Gasteiger partial charge >= 0.3 is 6.61 Å². The molecular formula is C21H18F4N2O3. The van der Waals surface area contributed by atoms with E-state index in [9.17, 15) is 17.6 Å². The minimum Gasteiger partial charge on any atom is -0.461 e. The van der Waals surface area contributed by atoms with Crippen molar-refractivity contribution in [1.29, 1.82) is 0 Å². The van der Waals surface area contributed by atoms with Gasteiger partial charge < -0.3 is 14.2 Å². The predicted molar refractivity (Wildman–Crippen MR) is 99.4 cm³/mol. The fourth-order valence-corrected chi connectivity index (χ4v) is 3.18. The van der Waals surface area contributed by atoms with Gasteiger partial charge in [-0.25, -0.2) is 8.78 Å². The molecule has 1 unspecified atom stereocenters. The van der Waals surface area contributed by atoms with E-state index < -0.39 is 24.5 Å². The average molecular weight is 422 g/mol. The third kappa shape index (κ3) is 4.56. The van der Waals surface area contributed by atoms with Crippen molar-refractivity contribution in [3.63, 3.8) is 0 Å². The first-order valence-corrected chi connectivity index (χ1v) is 9.33. The number of nitrogens with zero attached hydrogens (tertiary/aromatic N) is 2. The van der Waals surface area contributed by atoms with E-state index in [4.69, 9.17) is 9.47 Å². The van der Waals surface area contributed by atoms with Crippen LogP contribution in [0.1, 0.15) is 18.4 Å². The Labute approximate surface area is 169 Å². The van der Waals surface area contributed by atoms with Crippen LogP contribution in [-0.2, 0) is 11.3 Å². The number of ether oxygens (including phenoxy) is 3. The van der Waals surface area contributed by atoms with Crippen molar-refractivity contribution in [3.05, 3.63) is 65.9 Å². The van der Waals surface area contributed by atoms with Gasteiger partial charge in [0.25, 0.3) is 0 Å². The molecule has 4 rings (SSSR count). The minimum absolute atomic E-state index is 0.0371. The van der Waals surface area contributed by atoms with Crippen molar-refractivity contribution in [2.75, 3.05) is 6.61 Å². The smallest absolute Gasteiger partial charge is 0.387 e. The van der Waals surface area contributed by atoms with Crippen molar-refractivity contribution in [1.82, 2.24) is 9.78 Å². The number of halogens is 4. The number of alkyl halides is 2. The summed E-state index contributed by atoms with van der Waals surface area (Å²) in [6, 6.07) is 10.1. The summed E-state index contributed by atoms with van der Waals surface area (Å²) < 4.78 is 69.8. The van der Waals surface area contributed by atoms with E-state index in [1.165, 1.54) is 28.9 Å². The summed E-state index contributed by atoms with van der Waals surface area (Å²) in [6.45, 7) is -2.42. The lowest BCUT2D eigenvalue weighted by molar-refractivity contribution is -0.0632. The summed E-state index contributed by atoms with van der Waals surface area (Å²) in [5.74, 6) is -1.84. The Bertz CT molecular complexity index is 1020. The van der Waals surface area contributed by atoms with Gasteiger partial charge in [0.2, 0.25) is 0 Å². The maximum atomic E-state index is 13.9. The van der Waals surface area contributed by atoms with Crippen LogP contribution in [0.3, 0.4) is 0 Å². The summed E-state index contributed by atoms with van der Waals surface area (Å²) >= 11 is 0. The van der Waals surface area contributed by atoms with Gasteiger partial charge in [-0.05, 0) is 36.8 Å². The molecule has 0 saturated carbocycles. The van der Waals surface area contributed by atoms with E-state index in [2.05, 4.69) is 9.84 Å². The highest BCUT2D eigenvalue weighted by Crippen LogP contribution is 2.35. The third-order valence-corrected chi connectivity index (χ3v) is 4.61. The number of rotatable bonds is 7. The topological polar surface area (TPSA) is 45.5 Å². The lowest BCUT2D eigenvalue weighted by Gasteiger charge is -2.17. The maximum Gasteiger partial charge on any atom is 0.387 e. The molecule has 0 N–H and O–H groups in total. The largest absolute Gasteiger partial charge is 0.461 e. The van der Waals surface area contributed by atoms with Crippen molar-refractivity contribution < 1.29 is 31.8 Å². The first-order chi connectivity index (χ1) is 14.5.